The number of nitrogens with zero attached hydrogens (tertiary/aromatic N) is 1. The highest BCUT2D eigenvalue weighted by atomic mass is 35.5. The second kappa shape index (κ2) is 10.5. The molecule has 0 aliphatic rings. The van der Waals surface area contributed by atoms with Crippen molar-refractivity contribution >= 4 is 24.8 Å². The third-order valence-corrected chi connectivity index (χ3v) is 1.43. The van der Waals surface area contributed by atoms with E-state index in [0.717, 1.165) is 0 Å². The first-order chi connectivity index (χ1) is 5.09. The summed E-state index contributed by atoms with van der Waals surface area (Å²) >= 11 is 0. The van der Waals surface area contributed by atoms with Crippen molar-refractivity contribution in [2.75, 3.05) is 6.61 Å². The van der Waals surface area contributed by atoms with Gasteiger partial charge in [0.1, 0.15) is 0 Å². The zero-order chi connectivity index (χ0) is 8.85. The molecule has 3 nitrogen and oxygen atoms in total. The zero-order valence-corrected chi connectivity index (χ0v) is 10.7. The second-order valence-corrected chi connectivity index (χ2v) is 3.12. The summed E-state index contributed by atoms with van der Waals surface area (Å²) in [6.07, 6.45) is 0. The topological polar surface area (TPSA) is 24.5 Å². The van der Waals surface area contributed by atoms with Crippen LogP contribution in [-0.4, -0.2) is 23.7 Å². The highest BCUT2D eigenvalue weighted by Gasteiger charge is 2.11. The van der Waals surface area contributed by atoms with Gasteiger partial charge in [0.2, 0.25) is 0 Å². The molecule has 0 aliphatic carbocycles. The molecule has 0 unspecified atom stereocenters. The van der Waals surface area contributed by atoms with Gasteiger partial charge in [0.25, 0.3) is 0 Å². The lowest BCUT2D eigenvalue weighted by Crippen LogP contribution is -2.47. The van der Waals surface area contributed by atoms with E-state index in [0.29, 0.717) is 18.7 Å². The van der Waals surface area contributed by atoms with Crippen LogP contribution in [0.3, 0.4) is 0 Å². The Balaban J connectivity index is -0.000000500. The van der Waals surface area contributed by atoms with Gasteiger partial charge in [0.15, 0.2) is 0 Å². The van der Waals surface area contributed by atoms with E-state index in [1.807, 2.05) is 6.92 Å². The predicted molar refractivity (Wildman–Crippen MR) is 61.4 cm³/mol. The molecule has 0 fully saturated rings. The van der Waals surface area contributed by atoms with Gasteiger partial charge >= 0.3 is 0 Å². The van der Waals surface area contributed by atoms with Crippen molar-refractivity contribution < 1.29 is 4.84 Å². The van der Waals surface area contributed by atoms with Crippen LogP contribution in [0.2, 0.25) is 0 Å². The van der Waals surface area contributed by atoms with Gasteiger partial charge in [-0.15, -0.1) is 30.4 Å². The van der Waals surface area contributed by atoms with Gasteiger partial charge in [-0.3, -0.25) is 4.84 Å². The molecular formula is C8H22Cl2N2O. The minimum atomic E-state index is 0. The van der Waals surface area contributed by atoms with E-state index in [9.17, 15) is 0 Å². The van der Waals surface area contributed by atoms with E-state index in [4.69, 9.17) is 4.84 Å². The Morgan fingerprint density at radius 2 is 1.46 bits per heavy atom. The summed E-state index contributed by atoms with van der Waals surface area (Å²) in [5.74, 6) is 0. The monoisotopic (exact) mass is 232 g/mol. The van der Waals surface area contributed by atoms with Gasteiger partial charge < -0.3 is 0 Å². The first-order valence-corrected chi connectivity index (χ1v) is 4.25. The maximum absolute atomic E-state index is 5.09. The van der Waals surface area contributed by atoms with Crippen molar-refractivity contribution in [3.63, 3.8) is 0 Å². The fourth-order valence-electron chi connectivity index (χ4n) is 0.946. The van der Waals surface area contributed by atoms with E-state index in [1.165, 1.54) is 0 Å². The van der Waals surface area contributed by atoms with Crippen LogP contribution in [-0.2, 0) is 4.84 Å². The third kappa shape index (κ3) is 8.78. The molecule has 0 aromatic carbocycles. The van der Waals surface area contributed by atoms with Crippen molar-refractivity contribution in [3.05, 3.63) is 0 Å². The third-order valence-electron chi connectivity index (χ3n) is 1.43. The number of halogens is 2. The summed E-state index contributed by atoms with van der Waals surface area (Å²) in [5.41, 5.74) is 2.90. The van der Waals surface area contributed by atoms with E-state index in [2.05, 4.69) is 38.3 Å². The Bertz CT molecular complexity index is 94.1. The molecule has 1 N–H and O–H groups in total. The van der Waals surface area contributed by atoms with Gasteiger partial charge in [-0.1, -0.05) is 0 Å². The van der Waals surface area contributed by atoms with Crippen LogP contribution in [0.15, 0.2) is 0 Å². The Labute approximate surface area is 93.9 Å². The highest BCUT2D eigenvalue weighted by molar-refractivity contribution is 5.85. The van der Waals surface area contributed by atoms with E-state index < -0.39 is 0 Å². The molecule has 0 spiro atoms. The fraction of sp³-hybridized carbons (Fsp3) is 1.00. The van der Waals surface area contributed by atoms with Crippen LogP contribution in [0.4, 0.5) is 0 Å². The number of rotatable bonds is 5. The molecule has 0 saturated heterocycles. The predicted octanol–water partition coefficient (Wildman–Crippen LogP) is 2.40. The summed E-state index contributed by atoms with van der Waals surface area (Å²) in [4.78, 5) is 5.09. The Morgan fingerprint density at radius 3 is 1.69 bits per heavy atom. The largest absolute Gasteiger partial charge is 0.287 e. The molecular weight excluding hydrogens is 211 g/mol. The summed E-state index contributed by atoms with van der Waals surface area (Å²) < 4.78 is 0. The molecule has 0 amide bonds. The SMILES string of the molecule is CCONN(C(C)C)C(C)C.Cl.Cl. The average Bonchev–Trinajstić information content (AvgIpc) is 1.87. The van der Waals surface area contributed by atoms with Crippen molar-refractivity contribution in [1.82, 2.24) is 10.6 Å². The van der Waals surface area contributed by atoms with Crippen LogP contribution in [0.5, 0.6) is 0 Å². The molecule has 84 valence electrons. The molecule has 0 radical (unpaired) electrons. The number of hydrogen-bond donors (Lipinski definition) is 1. The Morgan fingerprint density at radius 1 is 1.08 bits per heavy atom. The van der Waals surface area contributed by atoms with Gasteiger partial charge in [0, 0.05) is 12.1 Å². The van der Waals surface area contributed by atoms with Crippen molar-refractivity contribution in [1.29, 1.82) is 0 Å². The van der Waals surface area contributed by atoms with Crippen molar-refractivity contribution in [2.45, 2.75) is 46.7 Å². The molecule has 0 aliphatic heterocycles. The molecule has 5 heteroatoms. The second-order valence-electron chi connectivity index (χ2n) is 3.12. The first-order valence-electron chi connectivity index (χ1n) is 4.25. The first kappa shape index (κ1) is 19.1. The molecule has 0 aromatic heterocycles. The van der Waals surface area contributed by atoms with Crippen molar-refractivity contribution in [2.24, 2.45) is 0 Å². The summed E-state index contributed by atoms with van der Waals surface area (Å²) in [7, 11) is 0. The molecule has 0 atom stereocenters. The van der Waals surface area contributed by atoms with Gasteiger partial charge in [-0.2, -0.15) is 0 Å². The van der Waals surface area contributed by atoms with E-state index in [-0.39, 0.29) is 24.8 Å². The van der Waals surface area contributed by atoms with Crippen LogP contribution >= 0.6 is 24.8 Å². The normalized spacial score (nSPS) is 10.2. The summed E-state index contributed by atoms with van der Waals surface area (Å²) in [5, 5.41) is 2.07. The molecule has 0 heterocycles. The summed E-state index contributed by atoms with van der Waals surface area (Å²) in [6, 6.07) is 0.920. The quantitative estimate of drug-likeness (QED) is 0.738. The smallest absolute Gasteiger partial charge is 0.0670 e. The van der Waals surface area contributed by atoms with Crippen LogP contribution in [0, 0.1) is 0 Å². The lowest BCUT2D eigenvalue weighted by atomic mass is 10.3. The van der Waals surface area contributed by atoms with E-state index >= 15 is 0 Å². The van der Waals surface area contributed by atoms with Gasteiger partial charge in [-0.05, 0) is 34.6 Å². The number of hydrazine groups is 1. The molecule has 0 aromatic rings. The number of hydrogen-bond acceptors (Lipinski definition) is 3. The molecule has 13 heavy (non-hydrogen) atoms. The highest BCUT2D eigenvalue weighted by Crippen LogP contribution is 1.99. The van der Waals surface area contributed by atoms with Crippen LogP contribution < -0.4 is 5.59 Å². The Hall–Kier alpha value is 0.460. The van der Waals surface area contributed by atoms with Gasteiger partial charge in [-0.25, -0.2) is 5.01 Å². The van der Waals surface area contributed by atoms with Crippen LogP contribution in [0.1, 0.15) is 34.6 Å². The molecule has 0 bridgehead atoms. The molecule has 0 saturated carbocycles. The Kier molecular flexibility index (Phi) is 15.5. The minimum Gasteiger partial charge on any atom is -0.287 e. The maximum Gasteiger partial charge on any atom is 0.0670 e. The lowest BCUT2D eigenvalue weighted by molar-refractivity contribution is -0.108. The standard InChI is InChI=1S/C8H20N2O.2ClH/c1-6-11-9-10(7(2)3)8(4)5;;/h7-9H,6H2,1-5H3;2*1H. The van der Waals surface area contributed by atoms with Crippen LogP contribution in [0.25, 0.3) is 0 Å². The molecule has 0 rings (SSSR count). The maximum atomic E-state index is 5.09. The lowest BCUT2D eigenvalue weighted by Gasteiger charge is -2.29. The summed E-state index contributed by atoms with van der Waals surface area (Å²) in [6.45, 7) is 11.2. The fourth-order valence-corrected chi connectivity index (χ4v) is 0.946. The minimum absolute atomic E-state index is 0. The number of nitrogens with one attached hydrogen (secondary N) is 1. The van der Waals surface area contributed by atoms with E-state index in [1.54, 1.807) is 0 Å². The zero-order valence-electron chi connectivity index (χ0n) is 9.03. The van der Waals surface area contributed by atoms with Crippen molar-refractivity contribution in [3.8, 4) is 0 Å². The van der Waals surface area contributed by atoms with Gasteiger partial charge in [0.05, 0.1) is 6.61 Å². The average molecular weight is 233 g/mol.